The largest absolute Gasteiger partial charge is 0.460 e. The Morgan fingerprint density at radius 1 is 1.20 bits per heavy atom. The number of para-hydroxylation sites is 1. The Labute approximate surface area is 119 Å². The third kappa shape index (κ3) is 2.60. The summed E-state index contributed by atoms with van der Waals surface area (Å²) in [7, 11) is 0. The van der Waals surface area contributed by atoms with E-state index >= 15 is 0 Å². The number of hydrogen-bond donors (Lipinski definition) is 1. The van der Waals surface area contributed by atoms with Gasteiger partial charge in [-0.05, 0) is 44.4 Å². The lowest BCUT2D eigenvalue weighted by Crippen LogP contribution is -2.38. The van der Waals surface area contributed by atoms with Crippen LogP contribution in [0.2, 0.25) is 0 Å². The van der Waals surface area contributed by atoms with Crippen molar-refractivity contribution >= 4 is 11.0 Å². The molecule has 3 heteroatoms. The van der Waals surface area contributed by atoms with Crippen molar-refractivity contribution in [2.24, 2.45) is 0 Å². The van der Waals surface area contributed by atoms with Gasteiger partial charge in [-0.2, -0.15) is 0 Å². The van der Waals surface area contributed by atoms with Gasteiger partial charge in [0.25, 0.3) is 0 Å². The van der Waals surface area contributed by atoms with Crippen LogP contribution >= 0.6 is 0 Å². The molecule has 1 saturated carbocycles. The summed E-state index contributed by atoms with van der Waals surface area (Å²) in [5, 5.41) is 4.83. The average molecular weight is 270 g/mol. The van der Waals surface area contributed by atoms with E-state index in [9.17, 15) is 0 Å². The van der Waals surface area contributed by atoms with E-state index in [1.807, 2.05) is 6.07 Å². The van der Waals surface area contributed by atoms with Gasteiger partial charge in [-0.15, -0.1) is 0 Å². The van der Waals surface area contributed by atoms with E-state index in [1.54, 1.807) is 0 Å². The molecule has 2 aromatic rings. The van der Waals surface area contributed by atoms with Crippen LogP contribution in [0.25, 0.3) is 11.0 Å². The molecule has 0 amide bonds. The number of fused-ring (bicyclic) bond motifs is 1. The third-order valence-corrected chi connectivity index (χ3v) is 4.52. The maximum absolute atomic E-state index is 5.98. The maximum atomic E-state index is 5.98. The zero-order valence-corrected chi connectivity index (χ0v) is 11.8. The van der Waals surface area contributed by atoms with Gasteiger partial charge in [0.05, 0.1) is 6.54 Å². The first kappa shape index (κ1) is 12.4. The van der Waals surface area contributed by atoms with Crippen molar-refractivity contribution in [1.29, 1.82) is 0 Å². The van der Waals surface area contributed by atoms with Crippen LogP contribution < -0.4 is 5.32 Å². The van der Waals surface area contributed by atoms with Crippen molar-refractivity contribution in [3.05, 3.63) is 36.1 Å². The first-order chi connectivity index (χ1) is 9.88. The van der Waals surface area contributed by atoms with Crippen LogP contribution in [-0.4, -0.2) is 30.1 Å². The second kappa shape index (κ2) is 5.23. The lowest BCUT2D eigenvalue weighted by atomic mass is 10.2. The number of nitrogens with zero attached hydrogens (tertiary/aromatic N) is 1. The van der Waals surface area contributed by atoms with E-state index in [-0.39, 0.29) is 0 Å². The predicted molar refractivity (Wildman–Crippen MR) is 80.7 cm³/mol. The molecule has 1 saturated heterocycles. The van der Waals surface area contributed by atoms with E-state index in [4.69, 9.17) is 4.42 Å². The van der Waals surface area contributed by atoms with Gasteiger partial charge in [0.1, 0.15) is 11.3 Å². The van der Waals surface area contributed by atoms with Crippen molar-refractivity contribution in [3.63, 3.8) is 0 Å². The van der Waals surface area contributed by atoms with Gasteiger partial charge in [0.15, 0.2) is 0 Å². The van der Waals surface area contributed by atoms with Gasteiger partial charge < -0.3 is 9.73 Å². The lowest BCUT2D eigenvalue weighted by Gasteiger charge is -2.24. The Bertz CT molecular complexity index is 548. The molecule has 106 valence electrons. The molecule has 1 aromatic heterocycles. The van der Waals surface area contributed by atoms with Crippen molar-refractivity contribution in [3.8, 4) is 0 Å². The molecule has 4 rings (SSSR count). The molecule has 0 radical (unpaired) electrons. The van der Waals surface area contributed by atoms with E-state index in [2.05, 4.69) is 34.5 Å². The van der Waals surface area contributed by atoms with Crippen molar-refractivity contribution in [2.45, 2.75) is 44.3 Å². The summed E-state index contributed by atoms with van der Waals surface area (Å²) in [5.41, 5.74) is 1.01. The van der Waals surface area contributed by atoms with Crippen molar-refractivity contribution in [1.82, 2.24) is 10.2 Å². The number of nitrogens with one attached hydrogen (secondary N) is 1. The molecule has 0 spiro atoms. The Morgan fingerprint density at radius 3 is 2.85 bits per heavy atom. The highest BCUT2D eigenvalue weighted by molar-refractivity contribution is 5.77. The van der Waals surface area contributed by atoms with Crippen molar-refractivity contribution in [2.75, 3.05) is 13.1 Å². The van der Waals surface area contributed by atoms with Gasteiger partial charge >= 0.3 is 0 Å². The van der Waals surface area contributed by atoms with Gasteiger partial charge in [-0.3, -0.25) is 4.90 Å². The van der Waals surface area contributed by atoms with Gasteiger partial charge in [-0.25, -0.2) is 0 Å². The van der Waals surface area contributed by atoms with E-state index in [0.717, 1.165) is 23.9 Å². The smallest absolute Gasteiger partial charge is 0.134 e. The summed E-state index contributed by atoms with van der Waals surface area (Å²) in [6.45, 7) is 3.31. The van der Waals surface area contributed by atoms with Crippen LogP contribution in [0.5, 0.6) is 0 Å². The molecule has 2 heterocycles. The second-order valence-corrected chi connectivity index (χ2v) is 6.20. The SMILES string of the molecule is c1ccc2oc(CN(CC3CCCN3)C3CC3)cc2c1. The summed E-state index contributed by atoms with van der Waals surface area (Å²) in [5.74, 6) is 1.11. The topological polar surface area (TPSA) is 28.4 Å². The molecule has 2 aliphatic rings. The molecule has 1 N–H and O–H groups in total. The average Bonchev–Trinajstić information content (AvgIpc) is 3.03. The normalized spacial score (nSPS) is 22.9. The first-order valence-electron chi connectivity index (χ1n) is 7.83. The minimum atomic E-state index is 0.681. The van der Waals surface area contributed by atoms with Crippen LogP contribution in [0.3, 0.4) is 0 Å². The monoisotopic (exact) mass is 270 g/mol. The summed E-state index contributed by atoms with van der Waals surface area (Å²) < 4.78 is 5.98. The molecule has 0 bridgehead atoms. The second-order valence-electron chi connectivity index (χ2n) is 6.20. The Hall–Kier alpha value is -1.32. The number of rotatable bonds is 5. The molecule has 1 unspecified atom stereocenters. The summed E-state index contributed by atoms with van der Waals surface area (Å²) in [6.07, 6.45) is 5.36. The first-order valence-corrected chi connectivity index (χ1v) is 7.83. The Balaban J connectivity index is 1.49. The Kier molecular flexibility index (Phi) is 3.25. The van der Waals surface area contributed by atoms with Crippen LogP contribution in [0.4, 0.5) is 0 Å². The van der Waals surface area contributed by atoms with Crippen molar-refractivity contribution < 1.29 is 4.42 Å². The standard InChI is InChI=1S/C17H22N2O/c1-2-6-17-13(4-1)10-16(20-17)12-19(15-7-8-15)11-14-5-3-9-18-14/h1-2,4,6,10,14-15,18H,3,5,7-9,11-12H2. The molecular formula is C17H22N2O. The maximum Gasteiger partial charge on any atom is 0.134 e. The number of benzene rings is 1. The minimum absolute atomic E-state index is 0.681. The van der Waals surface area contributed by atoms with Crippen LogP contribution in [-0.2, 0) is 6.54 Å². The van der Waals surface area contributed by atoms with E-state index < -0.39 is 0 Å². The van der Waals surface area contributed by atoms with Gasteiger partial charge in [0.2, 0.25) is 0 Å². The number of hydrogen-bond acceptors (Lipinski definition) is 3. The number of furan rings is 1. The molecular weight excluding hydrogens is 248 g/mol. The van der Waals surface area contributed by atoms with Gasteiger partial charge in [0, 0.05) is 24.0 Å². The molecule has 3 nitrogen and oxygen atoms in total. The van der Waals surface area contributed by atoms with E-state index in [1.165, 1.54) is 44.2 Å². The third-order valence-electron chi connectivity index (χ3n) is 4.52. The Morgan fingerprint density at radius 2 is 2.10 bits per heavy atom. The predicted octanol–water partition coefficient (Wildman–Crippen LogP) is 3.15. The quantitative estimate of drug-likeness (QED) is 0.904. The summed E-state index contributed by atoms with van der Waals surface area (Å²) in [4.78, 5) is 2.61. The zero-order chi connectivity index (χ0) is 13.4. The highest BCUT2D eigenvalue weighted by Crippen LogP contribution is 2.30. The fourth-order valence-electron chi connectivity index (χ4n) is 3.29. The fourth-order valence-corrected chi connectivity index (χ4v) is 3.29. The molecule has 2 fully saturated rings. The fraction of sp³-hybridized carbons (Fsp3) is 0.529. The molecule has 1 aliphatic heterocycles. The highest BCUT2D eigenvalue weighted by Gasteiger charge is 2.31. The highest BCUT2D eigenvalue weighted by atomic mass is 16.3. The minimum Gasteiger partial charge on any atom is -0.460 e. The molecule has 1 atom stereocenters. The summed E-state index contributed by atoms with van der Waals surface area (Å²) >= 11 is 0. The van der Waals surface area contributed by atoms with Crippen LogP contribution in [0.15, 0.2) is 34.7 Å². The summed E-state index contributed by atoms with van der Waals surface area (Å²) in [6, 6.07) is 12.0. The van der Waals surface area contributed by atoms with Gasteiger partial charge in [-0.1, -0.05) is 18.2 Å². The molecule has 1 aliphatic carbocycles. The lowest BCUT2D eigenvalue weighted by molar-refractivity contribution is 0.215. The molecule has 20 heavy (non-hydrogen) atoms. The van der Waals surface area contributed by atoms with Crippen LogP contribution in [0, 0.1) is 0 Å². The molecule has 1 aromatic carbocycles. The zero-order valence-electron chi connectivity index (χ0n) is 11.8. The van der Waals surface area contributed by atoms with E-state index in [0.29, 0.717) is 6.04 Å². The van der Waals surface area contributed by atoms with Crippen LogP contribution in [0.1, 0.15) is 31.4 Å².